The van der Waals surface area contributed by atoms with Crippen molar-refractivity contribution in [1.29, 1.82) is 0 Å². The molecule has 6 heteroatoms. The molecule has 0 aromatic heterocycles. The lowest BCUT2D eigenvalue weighted by atomic mass is 10.0. The smallest absolute Gasteiger partial charge is 0.305 e. The summed E-state index contributed by atoms with van der Waals surface area (Å²) in [5, 5.41) is 23.4. The van der Waals surface area contributed by atoms with Gasteiger partial charge in [0.25, 0.3) is 0 Å². The second-order valence-corrected chi connectivity index (χ2v) is 31.3. The van der Waals surface area contributed by atoms with Crippen LogP contribution in [0.2, 0.25) is 0 Å². The normalized spacial score (nSPS) is 12.6. The summed E-state index contributed by atoms with van der Waals surface area (Å²) in [4.78, 5) is 24.7. The maximum absolute atomic E-state index is 12.6. The number of rotatable bonds is 86. The van der Waals surface area contributed by atoms with Crippen molar-refractivity contribution >= 4 is 11.9 Å². The minimum atomic E-state index is -0.845. The van der Waals surface area contributed by atoms with Gasteiger partial charge in [-0.3, -0.25) is 9.59 Å². The van der Waals surface area contributed by atoms with Gasteiger partial charge >= 0.3 is 5.97 Å². The highest BCUT2D eigenvalue weighted by Crippen LogP contribution is 2.21. The van der Waals surface area contributed by atoms with Gasteiger partial charge in [-0.25, -0.2) is 0 Å². The Morgan fingerprint density at radius 1 is 0.286 bits per heavy atom. The van der Waals surface area contributed by atoms with E-state index in [9.17, 15) is 19.8 Å². The number of esters is 1. The van der Waals surface area contributed by atoms with Crippen molar-refractivity contribution in [2.45, 2.75) is 527 Å². The molecule has 0 aliphatic carbocycles. The van der Waals surface area contributed by atoms with Crippen molar-refractivity contribution in [3.8, 4) is 0 Å². The molecule has 0 radical (unpaired) electrons. The molecule has 580 valence electrons. The number of amides is 1. The standard InChI is InChI=1S/C92H177NO5/c1-3-5-7-9-11-13-15-17-19-21-23-24-25-39-42-45-49-52-56-60-64-68-72-76-80-84-90(95)89(88-94)93-91(96)85-81-77-73-69-65-61-57-53-50-46-43-40-37-35-33-31-29-27-26-28-30-32-34-36-38-41-44-47-51-55-59-63-67-71-75-79-83-87-98-92(97)86-82-78-74-70-66-62-58-54-48-22-20-18-16-14-12-10-8-6-4-2/h26,28,32,34,80,84,89-90,94-95H,3-25,27,29-31,33,35-79,81-83,85-88H2,1-2H3,(H,93,96)/b28-26-,34-32-,84-80+. The molecule has 2 unspecified atom stereocenters. The summed E-state index contributed by atoms with van der Waals surface area (Å²) in [5.41, 5.74) is 0. The van der Waals surface area contributed by atoms with Crippen molar-refractivity contribution < 1.29 is 24.5 Å². The molecule has 0 rings (SSSR count). The summed E-state index contributed by atoms with van der Waals surface area (Å²) in [6, 6.07) is -0.628. The first kappa shape index (κ1) is 96.1. The minimum Gasteiger partial charge on any atom is -0.466 e. The molecular formula is C92H177NO5. The number of allylic oxidation sites excluding steroid dienone is 5. The topological polar surface area (TPSA) is 95.9 Å². The Bertz CT molecular complexity index is 1590. The van der Waals surface area contributed by atoms with Gasteiger partial charge in [0.2, 0.25) is 5.91 Å². The van der Waals surface area contributed by atoms with Gasteiger partial charge in [0.15, 0.2) is 0 Å². The molecule has 0 saturated carbocycles. The number of aliphatic hydroxyl groups excluding tert-OH is 2. The van der Waals surface area contributed by atoms with E-state index in [0.717, 1.165) is 44.9 Å². The second kappa shape index (κ2) is 87.5. The van der Waals surface area contributed by atoms with Crippen molar-refractivity contribution in [1.82, 2.24) is 5.32 Å². The summed E-state index contributed by atoms with van der Waals surface area (Å²) in [5.74, 6) is -0.0349. The average molecular weight is 1380 g/mol. The Balaban J connectivity index is 3.37. The lowest BCUT2D eigenvalue weighted by molar-refractivity contribution is -0.143. The monoisotopic (exact) mass is 1380 g/mol. The highest BCUT2D eigenvalue weighted by atomic mass is 16.5. The number of aliphatic hydroxyl groups is 2. The number of unbranched alkanes of at least 4 members (excludes halogenated alkanes) is 71. The first-order chi connectivity index (χ1) is 48.5. The van der Waals surface area contributed by atoms with E-state index in [2.05, 4.69) is 43.5 Å². The molecule has 0 heterocycles. The fraction of sp³-hybridized carbons (Fsp3) is 0.913. The number of carbonyl (C=O) groups excluding carboxylic acids is 2. The van der Waals surface area contributed by atoms with Gasteiger partial charge in [0, 0.05) is 12.8 Å². The molecule has 0 fully saturated rings. The van der Waals surface area contributed by atoms with Crippen LogP contribution >= 0.6 is 0 Å². The number of ether oxygens (including phenoxy) is 1. The van der Waals surface area contributed by atoms with Crippen LogP contribution in [-0.4, -0.2) is 47.4 Å². The van der Waals surface area contributed by atoms with Crippen molar-refractivity contribution in [2.75, 3.05) is 13.2 Å². The summed E-state index contributed by atoms with van der Waals surface area (Å²) in [6.07, 6.45) is 116. The van der Waals surface area contributed by atoms with Crippen LogP contribution in [0.15, 0.2) is 36.5 Å². The Morgan fingerprint density at radius 2 is 0.510 bits per heavy atom. The Morgan fingerprint density at radius 3 is 0.776 bits per heavy atom. The molecule has 3 N–H and O–H groups in total. The molecule has 6 nitrogen and oxygen atoms in total. The number of hydrogen-bond donors (Lipinski definition) is 3. The second-order valence-electron chi connectivity index (χ2n) is 31.3. The molecule has 0 aromatic carbocycles. The molecule has 0 aromatic rings. The predicted molar refractivity (Wildman–Crippen MR) is 435 cm³/mol. The SMILES string of the molecule is CCCCCCCCCCCCCCCCCCCCCCCCC/C=C/C(O)C(CO)NC(=O)CCCCCCCCCCCCCCCCCCC/C=C\C/C=C\CCCCCCCCCCCCCCCOC(=O)CCCCCCCCCCCCCCCCCCCCC. The van der Waals surface area contributed by atoms with E-state index in [4.69, 9.17) is 4.74 Å². The molecule has 0 bridgehead atoms. The maximum Gasteiger partial charge on any atom is 0.305 e. The Hall–Kier alpha value is -1.92. The van der Waals surface area contributed by atoms with Gasteiger partial charge in [-0.2, -0.15) is 0 Å². The summed E-state index contributed by atoms with van der Waals surface area (Å²) in [6.45, 7) is 4.97. The zero-order chi connectivity index (χ0) is 70.5. The number of nitrogens with one attached hydrogen (secondary N) is 1. The van der Waals surface area contributed by atoms with Crippen molar-refractivity contribution in [2.24, 2.45) is 0 Å². The molecule has 1 amide bonds. The van der Waals surface area contributed by atoms with Crippen molar-refractivity contribution in [3.05, 3.63) is 36.5 Å². The first-order valence-electron chi connectivity index (χ1n) is 45.3. The molecular weight excluding hydrogens is 1200 g/mol. The Labute approximate surface area is 614 Å². The predicted octanol–water partition coefficient (Wildman–Crippen LogP) is 30.5. The van der Waals surface area contributed by atoms with Crippen LogP contribution < -0.4 is 5.32 Å². The van der Waals surface area contributed by atoms with E-state index in [1.807, 2.05) is 6.08 Å². The van der Waals surface area contributed by atoms with Crippen molar-refractivity contribution in [3.63, 3.8) is 0 Å². The third-order valence-electron chi connectivity index (χ3n) is 21.4. The summed E-state index contributed by atoms with van der Waals surface area (Å²) in [7, 11) is 0. The van der Waals surface area contributed by atoms with E-state index in [1.54, 1.807) is 6.08 Å². The van der Waals surface area contributed by atoms with Gasteiger partial charge < -0.3 is 20.3 Å². The van der Waals surface area contributed by atoms with E-state index >= 15 is 0 Å². The van der Waals surface area contributed by atoms with Crippen LogP contribution in [0.25, 0.3) is 0 Å². The molecule has 98 heavy (non-hydrogen) atoms. The zero-order valence-electron chi connectivity index (χ0n) is 66.8. The van der Waals surface area contributed by atoms with Gasteiger partial charge in [-0.05, 0) is 64.2 Å². The van der Waals surface area contributed by atoms with Crippen LogP contribution in [0.5, 0.6) is 0 Å². The van der Waals surface area contributed by atoms with Gasteiger partial charge in [0.05, 0.1) is 25.4 Å². The quantitative estimate of drug-likeness (QED) is 0.0320. The lowest BCUT2D eigenvalue weighted by Crippen LogP contribution is -2.45. The Kier molecular flexibility index (Phi) is 85.8. The third-order valence-corrected chi connectivity index (χ3v) is 21.4. The largest absolute Gasteiger partial charge is 0.466 e. The van der Waals surface area contributed by atoms with Gasteiger partial charge in [-0.15, -0.1) is 0 Å². The summed E-state index contributed by atoms with van der Waals surface area (Å²) < 4.78 is 5.53. The fourth-order valence-electron chi connectivity index (χ4n) is 14.6. The highest BCUT2D eigenvalue weighted by molar-refractivity contribution is 5.76. The first-order valence-corrected chi connectivity index (χ1v) is 45.3. The van der Waals surface area contributed by atoms with Crippen LogP contribution in [-0.2, 0) is 14.3 Å². The minimum absolute atomic E-state index is 0.0246. The van der Waals surface area contributed by atoms with E-state index in [0.29, 0.717) is 19.4 Å². The van der Waals surface area contributed by atoms with E-state index in [-0.39, 0.29) is 18.5 Å². The van der Waals surface area contributed by atoms with Gasteiger partial charge in [0.1, 0.15) is 0 Å². The lowest BCUT2D eigenvalue weighted by Gasteiger charge is -2.20. The third kappa shape index (κ3) is 83.0. The van der Waals surface area contributed by atoms with E-state index in [1.165, 1.54) is 443 Å². The maximum atomic E-state index is 12.6. The van der Waals surface area contributed by atoms with Crippen LogP contribution in [0, 0.1) is 0 Å². The van der Waals surface area contributed by atoms with Crippen LogP contribution in [0.4, 0.5) is 0 Å². The molecule has 0 spiro atoms. The molecule has 0 aliphatic heterocycles. The molecule has 2 atom stereocenters. The number of hydrogen-bond acceptors (Lipinski definition) is 5. The van der Waals surface area contributed by atoms with Gasteiger partial charge in [-0.1, -0.05) is 474 Å². The van der Waals surface area contributed by atoms with Crippen LogP contribution in [0.3, 0.4) is 0 Å². The molecule has 0 aliphatic rings. The summed E-state index contributed by atoms with van der Waals surface area (Å²) >= 11 is 0. The highest BCUT2D eigenvalue weighted by Gasteiger charge is 2.18. The number of carbonyl (C=O) groups is 2. The van der Waals surface area contributed by atoms with E-state index < -0.39 is 12.1 Å². The van der Waals surface area contributed by atoms with Crippen LogP contribution in [0.1, 0.15) is 515 Å². The zero-order valence-corrected chi connectivity index (χ0v) is 66.8. The fourth-order valence-corrected chi connectivity index (χ4v) is 14.6. The average Bonchev–Trinajstić information content (AvgIpc) is 1.58. The molecule has 0 saturated heterocycles.